The van der Waals surface area contributed by atoms with Crippen LogP contribution in [0.4, 0.5) is 0 Å². The highest BCUT2D eigenvalue weighted by molar-refractivity contribution is 7.90. The Labute approximate surface area is 117 Å². The Morgan fingerprint density at radius 2 is 1.95 bits per heavy atom. The molecule has 0 aliphatic heterocycles. The van der Waals surface area contributed by atoms with Gasteiger partial charge in [0.15, 0.2) is 0 Å². The van der Waals surface area contributed by atoms with Crippen LogP contribution in [0.5, 0.6) is 0 Å². The van der Waals surface area contributed by atoms with Gasteiger partial charge in [0.2, 0.25) is 10.0 Å². The summed E-state index contributed by atoms with van der Waals surface area (Å²) in [7, 11) is -1.46. The highest BCUT2D eigenvalue weighted by Gasteiger charge is 2.60. The molecular formula is C14H28N2O2S. The minimum Gasteiger partial charge on any atom is -0.318 e. The smallest absolute Gasteiger partial charge is 0.215 e. The molecule has 0 radical (unpaired) electrons. The Bertz CT molecular complexity index is 442. The molecule has 0 heterocycles. The van der Waals surface area contributed by atoms with Gasteiger partial charge in [-0.25, -0.2) is 13.1 Å². The van der Waals surface area contributed by atoms with E-state index >= 15 is 0 Å². The number of fused-ring (bicyclic) bond motifs is 2. The minimum atomic E-state index is -3.25. The number of sulfonamides is 1. The molecule has 112 valence electrons. The maximum absolute atomic E-state index is 12.4. The van der Waals surface area contributed by atoms with Crippen molar-refractivity contribution < 1.29 is 8.42 Å². The van der Waals surface area contributed by atoms with E-state index in [9.17, 15) is 8.42 Å². The van der Waals surface area contributed by atoms with Crippen LogP contribution in [0.15, 0.2) is 0 Å². The number of hydrogen-bond acceptors (Lipinski definition) is 3. The molecule has 2 aliphatic carbocycles. The quantitative estimate of drug-likeness (QED) is 0.810. The summed E-state index contributed by atoms with van der Waals surface area (Å²) in [5, 5.41) is 2.55. The molecule has 2 rings (SSSR count). The second-order valence-electron chi connectivity index (χ2n) is 7.38. The van der Waals surface area contributed by atoms with E-state index in [4.69, 9.17) is 0 Å². The van der Waals surface area contributed by atoms with Crippen molar-refractivity contribution >= 4 is 10.0 Å². The topological polar surface area (TPSA) is 58.2 Å². The van der Waals surface area contributed by atoms with E-state index in [1.807, 2.05) is 0 Å². The number of rotatable bonds is 5. The van der Waals surface area contributed by atoms with E-state index in [0.717, 1.165) is 12.8 Å². The summed E-state index contributed by atoms with van der Waals surface area (Å²) < 4.78 is 27.9. The highest BCUT2D eigenvalue weighted by Crippen LogP contribution is 2.62. The van der Waals surface area contributed by atoms with Gasteiger partial charge in [0.25, 0.3) is 0 Å². The average Bonchev–Trinajstić information content (AvgIpc) is 2.76. The second-order valence-corrected chi connectivity index (χ2v) is 9.51. The van der Waals surface area contributed by atoms with Gasteiger partial charge < -0.3 is 5.32 Å². The zero-order valence-corrected chi connectivity index (χ0v) is 13.6. The predicted octanol–water partition coefficient (Wildman–Crippen LogP) is 1.73. The highest BCUT2D eigenvalue weighted by atomic mass is 32.2. The largest absolute Gasteiger partial charge is 0.318 e. The molecule has 2 N–H and O–H groups in total. The Morgan fingerprint density at radius 3 is 2.42 bits per heavy atom. The standard InChI is InChI=1S/C14H28N2O2S/c1-10(9-15-5)19(17,18)16-12-13(2,3)11-6-7-14(12,4)8-11/h10-12,15-16H,6-9H2,1-5H3. The van der Waals surface area contributed by atoms with E-state index in [1.165, 1.54) is 6.42 Å². The van der Waals surface area contributed by atoms with Crippen LogP contribution in [0.25, 0.3) is 0 Å². The van der Waals surface area contributed by atoms with Gasteiger partial charge in [-0.15, -0.1) is 0 Å². The molecule has 0 saturated heterocycles. The summed E-state index contributed by atoms with van der Waals surface area (Å²) in [6, 6.07) is 0.0723. The van der Waals surface area contributed by atoms with Gasteiger partial charge in [-0.05, 0) is 50.0 Å². The van der Waals surface area contributed by atoms with E-state index in [1.54, 1.807) is 14.0 Å². The first-order chi connectivity index (χ1) is 8.63. The van der Waals surface area contributed by atoms with Gasteiger partial charge in [0, 0.05) is 12.6 Å². The maximum Gasteiger partial charge on any atom is 0.215 e. The third-order valence-corrected chi connectivity index (χ3v) is 7.36. The fraction of sp³-hybridized carbons (Fsp3) is 1.00. The Balaban J connectivity index is 2.19. The average molecular weight is 288 g/mol. The lowest BCUT2D eigenvalue weighted by Gasteiger charge is -2.43. The zero-order chi connectivity index (χ0) is 14.5. The van der Waals surface area contributed by atoms with Crippen LogP contribution in [-0.2, 0) is 10.0 Å². The van der Waals surface area contributed by atoms with Crippen LogP contribution in [0.3, 0.4) is 0 Å². The summed E-state index contributed by atoms with van der Waals surface area (Å²) >= 11 is 0. The third-order valence-electron chi connectivity index (χ3n) is 5.57. The van der Waals surface area contributed by atoms with E-state index < -0.39 is 15.3 Å². The number of nitrogens with one attached hydrogen (secondary N) is 2. The van der Waals surface area contributed by atoms with Crippen molar-refractivity contribution in [2.24, 2.45) is 16.7 Å². The lowest BCUT2D eigenvalue weighted by molar-refractivity contribution is 0.127. The van der Waals surface area contributed by atoms with E-state index in [0.29, 0.717) is 12.5 Å². The van der Waals surface area contributed by atoms with Crippen LogP contribution < -0.4 is 10.0 Å². The Kier molecular flexibility index (Phi) is 3.78. The molecule has 2 fully saturated rings. The lowest BCUT2D eigenvalue weighted by Crippen LogP contribution is -2.54. The van der Waals surface area contributed by atoms with Crippen molar-refractivity contribution in [3.05, 3.63) is 0 Å². The van der Waals surface area contributed by atoms with Crippen molar-refractivity contribution in [3.8, 4) is 0 Å². The molecular weight excluding hydrogens is 260 g/mol. The summed E-state index contributed by atoms with van der Waals surface area (Å²) in [5.41, 5.74) is 0.208. The molecule has 0 amide bonds. The molecule has 2 aliphatic rings. The first-order valence-electron chi connectivity index (χ1n) is 7.29. The van der Waals surface area contributed by atoms with Crippen LogP contribution in [0, 0.1) is 16.7 Å². The molecule has 4 nitrogen and oxygen atoms in total. The first-order valence-corrected chi connectivity index (χ1v) is 8.84. The van der Waals surface area contributed by atoms with E-state index in [-0.39, 0.29) is 16.9 Å². The molecule has 4 atom stereocenters. The SMILES string of the molecule is CNCC(C)S(=O)(=O)NC1C2(C)CCC(C2)C1(C)C. The summed E-state index contributed by atoms with van der Waals surface area (Å²) in [6.07, 6.45) is 3.55. The predicted molar refractivity (Wildman–Crippen MR) is 78.5 cm³/mol. The van der Waals surface area contributed by atoms with Crippen LogP contribution in [-0.4, -0.2) is 33.3 Å². The van der Waals surface area contributed by atoms with Crippen molar-refractivity contribution in [2.45, 2.75) is 58.2 Å². The van der Waals surface area contributed by atoms with Gasteiger partial charge in [-0.2, -0.15) is 0 Å². The van der Waals surface area contributed by atoms with Crippen LogP contribution in [0.1, 0.15) is 47.0 Å². The molecule has 0 aromatic carbocycles. The fourth-order valence-electron chi connectivity index (χ4n) is 4.27. The van der Waals surface area contributed by atoms with Gasteiger partial charge >= 0.3 is 0 Å². The van der Waals surface area contributed by atoms with Crippen molar-refractivity contribution in [1.82, 2.24) is 10.0 Å². The van der Waals surface area contributed by atoms with Crippen molar-refractivity contribution in [2.75, 3.05) is 13.6 Å². The zero-order valence-electron chi connectivity index (χ0n) is 12.8. The van der Waals surface area contributed by atoms with E-state index in [2.05, 4.69) is 30.8 Å². The maximum atomic E-state index is 12.4. The monoisotopic (exact) mass is 288 g/mol. The van der Waals surface area contributed by atoms with Gasteiger partial charge in [-0.3, -0.25) is 0 Å². The van der Waals surface area contributed by atoms with Gasteiger partial charge in [0.1, 0.15) is 0 Å². The van der Waals surface area contributed by atoms with Gasteiger partial charge in [0.05, 0.1) is 5.25 Å². The van der Waals surface area contributed by atoms with Crippen molar-refractivity contribution in [1.29, 1.82) is 0 Å². The second kappa shape index (κ2) is 4.71. The molecule has 4 unspecified atom stereocenters. The minimum absolute atomic E-state index is 0.0689. The molecule has 19 heavy (non-hydrogen) atoms. The van der Waals surface area contributed by atoms with Crippen LogP contribution >= 0.6 is 0 Å². The van der Waals surface area contributed by atoms with Crippen LogP contribution in [0.2, 0.25) is 0 Å². The summed E-state index contributed by atoms with van der Waals surface area (Å²) in [6.45, 7) is 8.94. The first kappa shape index (κ1) is 15.3. The third kappa shape index (κ3) is 2.45. The van der Waals surface area contributed by atoms with Crippen molar-refractivity contribution in [3.63, 3.8) is 0 Å². The normalized spacial score (nSPS) is 38.6. The Hall–Kier alpha value is -0.130. The number of hydrogen-bond donors (Lipinski definition) is 2. The molecule has 2 saturated carbocycles. The summed E-state index contributed by atoms with van der Waals surface area (Å²) in [4.78, 5) is 0. The molecule has 0 aromatic rings. The lowest BCUT2D eigenvalue weighted by atomic mass is 9.69. The molecule has 5 heteroatoms. The summed E-state index contributed by atoms with van der Waals surface area (Å²) in [5.74, 6) is 0.657. The molecule has 0 aromatic heterocycles. The Morgan fingerprint density at radius 1 is 1.32 bits per heavy atom. The molecule has 0 spiro atoms. The van der Waals surface area contributed by atoms with Gasteiger partial charge in [-0.1, -0.05) is 20.8 Å². The fourth-order valence-corrected chi connectivity index (χ4v) is 5.81. The molecule has 2 bridgehead atoms.